The zero-order valence-electron chi connectivity index (χ0n) is 11.6. The third kappa shape index (κ3) is 6.76. The van der Waals surface area contributed by atoms with Gasteiger partial charge in [-0.15, -0.1) is 0 Å². The number of phosphoric acid groups is 1. The van der Waals surface area contributed by atoms with Crippen molar-refractivity contribution in [3.05, 3.63) is 11.3 Å². The maximum Gasteiger partial charge on any atom is 0.529 e. The molecule has 0 radical (unpaired) electrons. The Morgan fingerprint density at radius 2 is 1.67 bits per heavy atom. The van der Waals surface area contributed by atoms with Gasteiger partial charge in [0.25, 0.3) is 0 Å². The fraction of sp³-hybridized carbons (Fsp3) is 0.818. The second-order valence-corrected chi connectivity index (χ2v) is 5.39. The first-order chi connectivity index (χ1) is 8.55. The van der Waals surface area contributed by atoms with Gasteiger partial charge in [0.2, 0.25) is 0 Å². The molecule has 0 aromatic rings. The van der Waals surface area contributed by atoms with Crippen molar-refractivity contribution in [1.82, 2.24) is 0 Å². The molecule has 0 bridgehead atoms. The predicted molar refractivity (Wildman–Crippen MR) is 72.8 cm³/mol. The van der Waals surface area contributed by atoms with Crippen molar-refractivity contribution >= 4 is 19.4 Å². The second-order valence-electron chi connectivity index (χ2n) is 3.58. The van der Waals surface area contributed by atoms with Crippen LogP contribution in [0.25, 0.3) is 0 Å². The molecule has 0 aliphatic heterocycles. The Balaban J connectivity index is 4.62. The average molecular weight is 301 g/mol. The predicted octanol–water partition coefficient (Wildman–Crippen LogP) is 2.19. The molecule has 0 saturated heterocycles. The molecule has 18 heavy (non-hydrogen) atoms. The summed E-state index contributed by atoms with van der Waals surface area (Å²) in [5, 5.41) is 0. The summed E-state index contributed by atoms with van der Waals surface area (Å²) in [6, 6.07) is 0. The van der Waals surface area contributed by atoms with Crippen LogP contribution in [0.3, 0.4) is 0 Å². The first-order valence-electron chi connectivity index (χ1n) is 6.26. The topological polar surface area (TPSA) is 49.2 Å². The van der Waals surface area contributed by atoms with Crippen molar-refractivity contribution in [1.29, 1.82) is 0 Å². The van der Waals surface area contributed by atoms with E-state index in [1.807, 2.05) is 0 Å². The maximum atomic E-state index is 12.2. The van der Waals surface area contributed by atoms with Crippen LogP contribution < -0.4 is 4.90 Å². The van der Waals surface area contributed by atoms with E-state index in [4.69, 9.17) is 25.2 Å². The van der Waals surface area contributed by atoms with Gasteiger partial charge < -0.3 is 9.42 Å². The number of likely N-dealkylation sites (N-methyl/N-ethyl adjacent to an activating group) is 1. The molecule has 1 N–H and O–H groups in total. The third-order valence-corrected chi connectivity index (χ3v) is 4.20. The van der Waals surface area contributed by atoms with E-state index >= 15 is 0 Å². The number of quaternary nitrogens is 1. The van der Waals surface area contributed by atoms with Crippen molar-refractivity contribution in [2.75, 3.05) is 32.8 Å². The van der Waals surface area contributed by atoms with Crippen LogP contribution in [0, 0.1) is 0 Å². The molecule has 0 unspecified atom stereocenters. The Morgan fingerprint density at radius 1 is 1.17 bits per heavy atom. The molecule has 0 heterocycles. The van der Waals surface area contributed by atoms with Crippen LogP contribution in [0.4, 0.5) is 0 Å². The van der Waals surface area contributed by atoms with Gasteiger partial charge in [-0.1, -0.05) is 11.6 Å². The summed E-state index contributed by atoms with van der Waals surface area (Å²) in [6.07, 6.45) is 0. The van der Waals surface area contributed by atoms with Crippen molar-refractivity contribution < 1.29 is 23.0 Å². The Kier molecular flexibility index (Phi) is 9.78. The highest BCUT2D eigenvalue weighted by molar-refractivity contribution is 7.48. The lowest BCUT2D eigenvalue weighted by Crippen LogP contribution is -3.11. The molecule has 0 aliphatic carbocycles. The molecular weight excluding hydrogens is 277 g/mol. The van der Waals surface area contributed by atoms with Gasteiger partial charge in [0.05, 0.1) is 26.3 Å². The Bertz CT molecular complexity index is 285. The highest BCUT2D eigenvalue weighted by Gasteiger charge is 2.29. The van der Waals surface area contributed by atoms with Gasteiger partial charge in [-0.25, -0.2) is 4.57 Å². The molecule has 0 fully saturated rings. The van der Waals surface area contributed by atoms with E-state index in [-0.39, 0.29) is 13.2 Å². The van der Waals surface area contributed by atoms with Crippen LogP contribution in [0.1, 0.15) is 27.7 Å². The molecule has 5 nitrogen and oxygen atoms in total. The normalized spacial score (nSPS) is 13.1. The molecule has 0 saturated carbocycles. The summed E-state index contributed by atoms with van der Waals surface area (Å²) in [5.74, 6) is 0.417. The van der Waals surface area contributed by atoms with Crippen LogP contribution in [0.5, 0.6) is 0 Å². The van der Waals surface area contributed by atoms with Crippen LogP contribution >= 0.6 is 19.4 Å². The van der Waals surface area contributed by atoms with Gasteiger partial charge >= 0.3 is 7.82 Å². The first kappa shape index (κ1) is 17.9. The molecular formula is C11H24ClNO4P+. The SMILES string of the molecule is CCOP(=O)(OCC)O/C(=C/Cl)C[NH+](CC)CC. The Hall–Kier alpha value is -0.0600. The van der Waals surface area contributed by atoms with Crippen molar-refractivity contribution in [3.8, 4) is 0 Å². The first-order valence-corrected chi connectivity index (χ1v) is 8.16. The van der Waals surface area contributed by atoms with E-state index in [9.17, 15) is 4.57 Å². The largest absolute Gasteiger partial charge is 0.529 e. The van der Waals surface area contributed by atoms with Gasteiger partial charge in [0, 0.05) is 5.54 Å². The number of hydrogen-bond donors (Lipinski definition) is 1. The van der Waals surface area contributed by atoms with Crippen LogP contribution in [0.15, 0.2) is 11.3 Å². The standard InChI is InChI=1S/C11H23ClNO4P/c1-5-13(6-2)10-11(9-12)17-18(14,15-7-3)16-8-4/h9H,5-8,10H2,1-4H3/p+1/b11-9+. The van der Waals surface area contributed by atoms with Gasteiger partial charge in [-0.3, -0.25) is 9.05 Å². The molecule has 0 spiro atoms. The van der Waals surface area contributed by atoms with E-state index in [0.717, 1.165) is 13.1 Å². The highest BCUT2D eigenvalue weighted by atomic mass is 35.5. The van der Waals surface area contributed by atoms with Crippen molar-refractivity contribution in [2.24, 2.45) is 0 Å². The van der Waals surface area contributed by atoms with Crippen LogP contribution in [-0.2, 0) is 18.1 Å². The summed E-state index contributed by atoms with van der Waals surface area (Å²) in [7, 11) is -3.54. The third-order valence-electron chi connectivity index (χ3n) is 2.35. The quantitative estimate of drug-likeness (QED) is 0.496. The van der Waals surface area contributed by atoms with Gasteiger partial charge in [0.1, 0.15) is 6.54 Å². The minimum Gasteiger partial charge on any atom is -0.401 e. The van der Waals surface area contributed by atoms with E-state index in [2.05, 4.69) is 13.8 Å². The lowest BCUT2D eigenvalue weighted by atomic mass is 10.4. The van der Waals surface area contributed by atoms with Gasteiger partial charge in [-0.2, -0.15) is 0 Å². The molecule has 0 aliphatic rings. The summed E-state index contributed by atoms with van der Waals surface area (Å²) in [5.41, 5.74) is 1.29. The monoisotopic (exact) mass is 300 g/mol. The molecule has 0 rings (SSSR count). The fourth-order valence-electron chi connectivity index (χ4n) is 1.39. The molecule has 7 heteroatoms. The zero-order chi connectivity index (χ0) is 14.0. The average Bonchev–Trinajstić information content (AvgIpc) is 2.35. The fourth-order valence-corrected chi connectivity index (χ4v) is 2.79. The summed E-state index contributed by atoms with van der Waals surface area (Å²) >= 11 is 5.70. The Morgan fingerprint density at radius 3 is 2.00 bits per heavy atom. The van der Waals surface area contributed by atoms with E-state index in [0.29, 0.717) is 12.3 Å². The van der Waals surface area contributed by atoms with Crippen molar-refractivity contribution in [2.45, 2.75) is 27.7 Å². The molecule has 0 atom stereocenters. The van der Waals surface area contributed by atoms with Crippen molar-refractivity contribution in [3.63, 3.8) is 0 Å². The van der Waals surface area contributed by atoms with E-state index in [1.54, 1.807) is 13.8 Å². The minimum atomic E-state index is -3.54. The van der Waals surface area contributed by atoms with Gasteiger partial charge in [0.15, 0.2) is 5.76 Å². The van der Waals surface area contributed by atoms with E-state index in [1.165, 1.54) is 10.4 Å². The maximum absolute atomic E-state index is 12.2. The van der Waals surface area contributed by atoms with Crippen LogP contribution in [0.2, 0.25) is 0 Å². The summed E-state index contributed by atoms with van der Waals surface area (Å²) in [4.78, 5) is 1.27. The molecule has 108 valence electrons. The van der Waals surface area contributed by atoms with Crippen LogP contribution in [-0.4, -0.2) is 32.8 Å². The highest BCUT2D eigenvalue weighted by Crippen LogP contribution is 2.51. The second kappa shape index (κ2) is 9.82. The zero-order valence-corrected chi connectivity index (χ0v) is 13.2. The smallest absolute Gasteiger partial charge is 0.401 e. The van der Waals surface area contributed by atoms with Gasteiger partial charge in [-0.05, 0) is 27.7 Å². The summed E-state index contributed by atoms with van der Waals surface area (Å²) in [6.45, 7) is 10.5. The lowest BCUT2D eigenvalue weighted by molar-refractivity contribution is -0.892. The molecule has 0 amide bonds. The number of rotatable bonds is 10. The number of halogens is 1. The molecule has 0 aromatic carbocycles. The lowest BCUT2D eigenvalue weighted by Gasteiger charge is -2.21. The summed E-state index contributed by atoms with van der Waals surface area (Å²) < 4.78 is 27.6. The minimum absolute atomic E-state index is 0.255. The number of phosphoric ester groups is 1. The number of nitrogens with one attached hydrogen (secondary N) is 1. The Labute approximate surface area is 115 Å². The number of hydrogen-bond acceptors (Lipinski definition) is 4. The molecule has 0 aromatic heterocycles. The van der Waals surface area contributed by atoms with E-state index < -0.39 is 7.82 Å².